The average Bonchev–Trinajstić information content (AvgIpc) is 2.59. The molecule has 2 amide bonds. The molecule has 0 fully saturated rings. The smallest absolute Gasteiger partial charge is 0.269 e. The van der Waals surface area contributed by atoms with Gasteiger partial charge < -0.3 is 0 Å². The molecule has 19 heavy (non-hydrogen) atoms. The maximum Gasteiger partial charge on any atom is 0.392 e. The van der Waals surface area contributed by atoms with Gasteiger partial charge in [0.2, 0.25) is 0 Å². The number of nitriles is 1. The van der Waals surface area contributed by atoms with Crippen LogP contribution in [0.2, 0.25) is 0 Å². The first-order chi connectivity index (χ1) is 8.85. The molecule has 1 aliphatic heterocycles. The van der Waals surface area contributed by atoms with Crippen molar-refractivity contribution in [2.24, 2.45) is 0 Å². The van der Waals surface area contributed by atoms with Crippen LogP contribution in [0.25, 0.3) is 0 Å². The number of halogens is 3. The van der Waals surface area contributed by atoms with Gasteiger partial charge in [0.25, 0.3) is 11.8 Å². The summed E-state index contributed by atoms with van der Waals surface area (Å²) in [6.07, 6.45) is -6.16. The van der Waals surface area contributed by atoms with Crippen molar-refractivity contribution in [1.29, 1.82) is 5.26 Å². The maximum atomic E-state index is 12.3. The van der Waals surface area contributed by atoms with Gasteiger partial charge in [-0.3, -0.25) is 14.5 Å². The van der Waals surface area contributed by atoms with Crippen LogP contribution in [-0.4, -0.2) is 28.9 Å². The Morgan fingerprint density at radius 2 is 1.63 bits per heavy atom. The molecule has 0 N–H and O–H groups in total. The van der Waals surface area contributed by atoms with E-state index in [1.807, 2.05) is 0 Å². The van der Waals surface area contributed by atoms with Crippen molar-refractivity contribution in [1.82, 2.24) is 4.90 Å². The van der Waals surface area contributed by atoms with E-state index >= 15 is 0 Å². The number of alkyl halides is 3. The summed E-state index contributed by atoms with van der Waals surface area (Å²) in [7, 11) is 0. The molecule has 0 radical (unpaired) electrons. The lowest BCUT2D eigenvalue weighted by molar-refractivity contribution is -0.140. The fourth-order valence-corrected chi connectivity index (χ4v) is 1.90. The van der Waals surface area contributed by atoms with E-state index in [-0.39, 0.29) is 11.1 Å². The molecule has 2 rings (SSSR count). The molecule has 0 bridgehead atoms. The largest absolute Gasteiger partial charge is 0.392 e. The number of nitrogens with zero attached hydrogens (tertiary/aromatic N) is 2. The standard InChI is InChI=1S/C12H7F3N2O2/c13-12(14,15)5-7(6-16)17-10(18)8-3-1-2-4-9(8)11(17)19/h1-4,7H,5H2. The highest BCUT2D eigenvalue weighted by molar-refractivity contribution is 6.21. The third kappa shape index (κ3) is 2.29. The SMILES string of the molecule is N#CC(CC(F)(F)F)N1C(=O)c2ccccc2C1=O. The number of hydrogen-bond acceptors (Lipinski definition) is 3. The number of carbonyl (C=O) groups excluding carboxylic acids is 2. The molecular formula is C12H7F3N2O2. The van der Waals surface area contributed by atoms with E-state index in [0.717, 1.165) is 0 Å². The van der Waals surface area contributed by atoms with Crippen LogP contribution in [-0.2, 0) is 0 Å². The first-order valence-corrected chi connectivity index (χ1v) is 5.28. The average molecular weight is 268 g/mol. The van der Waals surface area contributed by atoms with E-state index in [1.54, 1.807) is 0 Å². The lowest BCUT2D eigenvalue weighted by Gasteiger charge is -2.21. The third-order valence-corrected chi connectivity index (χ3v) is 2.71. The topological polar surface area (TPSA) is 61.2 Å². The number of rotatable bonds is 2. The minimum Gasteiger partial charge on any atom is -0.269 e. The van der Waals surface area contributed by atoms with Crippen molar-refractivity contribution >= 4 is 11.8 Å². The molecule has 1 atom stereocenters. The van der Waals surface area contributed by atoms with Crippen molar-refractivity contribution in [3.63, 3.8) is 0 Å². The molecule has 4 nitrogen and oxygen atoms in total. The van der Waals surface area contributed by atoms with Crippen LogP contribution >= 0.6 is 0 Å². The Balaban J connectivity index is 2.36. The van der Waals surface area contributed by atoms with Crippen molar-refractivity contribution in [2.75, 3.05) is 0 Å². The number of fused-ring (bicyclic) bond motifs is 1. The Morgan fingerprint density at radius 3 is 2.00 bits per heavy atom. The Labute approximate surface area is 106 Å². The molecule has 1 heterocycles. The molecule has 98 valence electrons. The second kappa shape index (κ2) is 4.39. The van der Waals surface area contributed by atoms with Crippen LogP contribution in [0.5, 0.6) is 0 Å². The van der Waals surface area contributed by atoms with Crippen LogP contribution in [0.15, 0.2) is 24.3 Å². The number of carbonyl (C=O) groups is 2. The fourth-order valence-electron chi connectivity index (χ4n) is 1.90. The molecule has 7 heteroatoms. The van der Waals surface area contributed by atoms with Gasteiger partial charge in [0.05, 0.1) is 23.6 Å². The Bertz CT molecular complexity index is 554. The highest BCUT2D eigenvalue weighted by Gasteiger charge is 2.44. The summed E-state index contributed by atoms with van der Waals surface area (Å²) in [5.74, 6) is -1.73. The fraction of sp³-hybridized carbons (Fsp3) is 0.250. The highest BCUT2D eigenvalue weighted by atomic mass is 19.4. The monoisotopic (exact) mass is 268 g/mol. The zero-order chi connectivity index (χ0) is 14.2. The van der Waals surface area contributed by atoms with E-state index in [0.29, 0.717) is 4.90 Å². The van der Waals surface area contributed by atoms with Gasteiger partial charge >= 0.3 is 6.18 Å². The minimum absolute atomic E-state index is 0.0231. The maximum absolute atomic E-state index is 12.3. The summed E-state index contributed by atoms with van der Waals surface area (Å²) < 4.78 is 37.0. The molecule has 1 aromatic carbocycles. The van der Waals surface area contributed by atoms with Crippen molar-refractivity contribution in [3.8, 4) is 6.07 Å². The van der Waals surface area contributed by atoms with E-state index < -0.39 is 30.5 Å². The highest BCUT2D eigenvalue weighted by Crippen LogP contribution is 2.29. The van der Waals surface area contributed by atoms with Crippen molar-refractivity contribution in [2.45, 2.75) is 18.6 Å². The van der Waals surface area contributed by atoms with Crippen LogP contribution < -0.4 is 0 Å². The second-order valence-electron chi connectivity index (χ2n) is 3.99. The van der Waals surface area contributed by atoms with Gasteiger partial charge in [-0.15, -0.1) is 0 Å². The van der Waals surface area contributed by atoms with Crippen molar-refractivity contribution in [3.05, 3.63) is 35.4 Å². The Hall–Kier alpha value is -2.36. The van der Waals surface area contributed by atoms with Crippen LogP contribution in [0.3, 0.4) is 0 Å². The van der Waals surface area contributed by atoms with Gasteiger partial charge in [-0.25, -0.2) is 0 Å². The second-order valence-corrected chi connectivity index (χ2v) is 3.99. The first-order valence-electron chi connectivity index (χ1n) is 5.28. The van der Waals surface area contributed by atoms with E-state index in [1.165, 1.54) is 30.3 Å². The number of amides is 2. The molecule has 0 spiro atoms. The van der Waals surface area contributed by atoms with Crippen LogP contribution in [0.1, 0.15) is 27.1 Å². The predicted octanol–water partition coefficient (Wildman–Crippen LogP) is 2.13. The normalized spacial score (nSPS) is 16.2. The van der Waals surface area contributed by atoms with Crippen molar-refractivity contribution < 1.29 is 22.8 Å². The lowest BCUT2D eigenvalue weighted by atomic mass is 10.1. The summed E-state index contributed by atoms with van der Waals surface area (Å²) in [6, 6.07) is 5.21. The van der Waals surface area contributed by atoms with Gasteiger partial charge in [-0.2, -0.15) is 18.4 Å². The summed E-state index contributed by atoms with van der Waals surface area (Å²) in [6.45, 7) is 0. The van der Waals surface area contributed by atoms with E-state index in [9.17, 15) is 22.8 Å². The molecule has 0 aliphatic carbocycles. The summed E-state index contributed by atoms with van der Waals surface area (Å²) in [5.41, 5.74) is 0.0462. The summed E-state index contributed by atoms with van der Waals surface area (Å²) >= 11 is 0. The Kier molecular flexibility index (Phi) is 3.02. The molecule has 1 unspecified atom stereocenters. The van der Waals surface area contributed by atoms with Gasteiger partial charge in [0.1, 0.15) is 6.04 Å². The first kappa shape index (κ1) is 13.1. The van der Waals surface area contributed by atoms with Gasteiger partial charge in [0, 0.05) is 0 Å². The quantitative estimate of drug-likeness (QED) is 0.772. The summed E-state index contributed by atoms with van der Waals surface area (Å²) in [5, 5.41) is 8.77. The molecule has 0 aromatic heterocycles. The van der Waals surface area contributed by atoms with Crippen LogP contribution in [0.4, 0.5) is 13.2 Å². The van der Waals surface area contributed by atoms with Gasteiger partial charge in [0.15, 0.2) is 0 Å². The van der Waals surface area contributed by atoms with Gasteiger partial charge in [-0.05, 0) is 12.1 Å². The number of imide groups is 1. The molecule has 0 saturated heterocycles. The minimum atomic E-state index is -4.63. The Morgan fingerprint density at radius 1 is 1.16 bits per heavy atom. The molecule has 1 aromatic rings. The van der Waals surface area contributed by atoms with E-state index in [4.69, 9.17) is 5.26 Å². The predicted molar refractivity (Wildman–Crippen MR) is 57.0 cm³/mol. The van der Waals surface area contributed by atoms with E-state index in [2.05, 4.69) is 0 Å². The zero-order valence-corrected chi connectivity index (χ0v) is 9.44. The zero-order valence-electron chi connectivity index (χ0n) is 9.44. The summed E-state index contributed by atoms with van der Waals surface area (Å²) in [4.78, 5) is 24.1. The lowest BCUT2D eigenvalue weighted by Crippen LogP contribution is -2.41. The van der Waals surface area contributed by atoms with Crippen LogP contribution in [0, 0.1) is 11.3 Å². The third-order valence-electron chi connectivity index (χ3n) is 2.71. The molecular weight excluding hydrogens is 261 g/mol. The number of benzene rings is 1. The molecule has 1 aliphatic rings. The molecule has 0 saturated carbocycles. The number of hydrogen-bond donors (Lipinski definition) is 0. The van der Waals surface area contributed by atoms with Gasteiger partial charge in [-0.1, -0.05) is 12.1 Å².